The van der Waals surface area contributed by atoms with E-state index in [9.17, 15) is 19.2 Å². The molecule has 3 atom stereocenters. The molecule has 0 heterocycles. The first-order chi connectivity index (χ1) is 15.3. The van der Waals surface area contributed by atoms with E-state index in [0.717, 1.165) is 0 Å². The molecule has 0 aliphatic rings. The average molecular weight is 470 g/mol. The van der Waals surface area contributed by atoms with Crippen LogP contribution < -0.4 is 38.6 Å². The summed E-state index contributed by atoms with van der Waals surface area (Å²) in [4.78, 5) is 52.1. The Morgan fingerprint density at radius 2 is 1.58 bits per heavy atom. The summed E-state index contributed by atoms with van der Waals surface area (Å²) >= 11 is 0. The minimum atomic E-state index is -0.848. The molecule has 0 aliphatic heterocycles. The first-order valence-corrected chi connectivity index (χ1v) is 10.8. The molecule has 5 amide bonds. The molecule has 13 nitrogen and oxygen atoms in total. The van der Waals surface area contributed by atoms with Crippen LogP contribution in [-0.4, -0.2) is 60.6 Å². The van der Waals surface area contributed by atoms with Gasteiger partial charge in [-0.1, -0.05) is 27.7 Å². The van der Waals surface area contributed by atoms with E-state index in [-0.39, 0.29) is 23.7 Å². The molecule has 1 unspecified atom stereocenters. The lowest BCUT2D eigenvalue weighted by molar-refractivity contribution is -0.133. The van der Waals surface area contributed by atoms with E-state index >= 15 is 0 Å². The zero-order valence-corrected chi connectivity index (χ0v) is 20.1. The first-order valence-electron chi connectivity index (χ1n) is 10.8. The van der Waals surface area contributed by atoms with E-state index in [0.29, 0.717) is 25.8 Å². The number of hydrogen-bond donors (Lipinski definition) is 7. The van der Waals surface area contributed by atoms with Crippen LogP contribution in [-0.2, 0) is 14.4 Å². The Morgan fingerprint density at radius 3 is 2.06 bits per heavy atom. The summed E-state index contributed by atoms with van der Waals surface area (Å²) in [6, 6.07) is -3.05. The van der Waals surface area contributed by atoms with E-state index in [4.69, 9.17) is 17.2 Å². The van der Waals surface area contributed by atoms with Gasteiger partial charge in [-0.2, -0.15) is 5.10 Å². The van der Waals surface area contributed by atoms with Crippen LogP contribution in [0.25, 0.3) is 0 Å². The highest BCUT2D eigenvalue weighted by atomic mass is 16.2. The molecule has 0 saturated heterocycles. The van der Waals surface area contributed by atoms with Crippen LogP contribution in [0.4, 0.5) is 4.79 Å². The van der Waals surface area contributed by atoms with E-state index in [1.807, 2.05) is 13.8 Å². The molecule has 0 rings (SSSR count). The highest BCUT2D eigenvalue weighted by Gasteiger charge is 2.29. The van der Waals surface area contributed by atoms with Crippen LogP contribution in [0.3, 0.4) is 0 Å². The fraction of sp³-hybridized carbons (Fsp3) is 0.700. The van der Waals surface area contributed by atoms with Crippen LogP contribution in [0.5, 0.6) is 0 Å². The van der Waals surface area contributed by atoms with Crippen molar-refractivity contribution in [3.8, 4) is 0 Å². The SMILES string of the molecule is CC(=O)N[C@H](C(=O)N[C@@H](CC(C)C)C(=O)NC(/C=N/NC(N)=O)CCCN=C(N)N)C(C)C. The van der Waals surface area contributed by atoms with Crippen molar-refractivity contribution >= 4 is 35.9 Å². The Bertz CT molecular complexity index is 718. The number of primary amides is 1. The predicted octanol–water partition coefficient (Wildman–Crippen LogP) is -1.13. The molecule has 0 spiro atoms. The van der Waals surface area contributed by atoms with Crippen LogP contribution in [0.15, 0.2) is 10.1 Å². The molecule has 0 aromatic heterocycles. The van der Waals surface area contributed by atoms with Gasteiger partial charge in [0.2, 0.25) is 17.7 Å². The second-order valence-corrected chi connectivity index (χ2v) is 8.43. The predicted molar refractivity (Wildman–Crippen MR) is 127 cm³/mol. The van der Waals surface area contributed by atoms with Gasteiger partial charge >= 0.3 is 6.03 Å². The van der Waals surface area contributed by atoms with Gasteiger partial charge in [-0.3, -0.25) is 19.4 Å². The molecule has 0 saturated carbocycles. The molecule has 13 heteroatoms. The number of hydrazone groups is 1. The number of nitrogens with one attached hydrogen (secondary N) is 4. The van der Waals surface area contributed by atoms with Gasteiger partial charge in [-0.15, -0.1) is 0 Å². The summed E-state index contributed by atoms with van der Waals surface area (Å²) in [6.07, 6.45) is 2.64. The molecule has 188 valence electrons. The van der Waals surface area contributed by atoms with Crippen LogP contribution >= 0.6 is 0 Å². The van der Waals surface area contributed by atoms with E-state index in [2.05, 4.69) is 31.5 Å². The molecule has 0 aromatic carbocycles. The minimum absolute atomic E-state index is 0.0433. The van der Waals surface area contributed by atoms with Crippen molar-refractivity contribution in [2.75, 3.05) is 6.54 Å². The maximum Gasteiger partial charge on any atom is 0.332 e. The Hall–Kier alpha value is -3.38. The van der Waals surface area contributed by atoms with Crippen molar-refractivity contribution in [3.63, 3.8) is 0 Å². The number of guanidine groups is 1. The van der Waals surface area contributed by atoms with Gasteiger partial charge in [0, 0.05) is 19.7 Å². The van der Waals surface area contributed by atoms with Crippen molar-refractivity contribution in [2.24, 2.45) is 39.1 Å². The average Bonchev–Trinajstić information content (AvgIpc) is 2.67. The van der Waals surface area contributed by atoms with Crippen LogP contribution in [0.2, 0.25) is 0 Å². The molecule has 0 fully saturated rings. The monoisotopic (exact) mass is 469 g/mol. The lowest BCUT2D eigenvalue weighted by atomic mass is 9.99. The van der Waals surface area contributed by atoms with Gasteiger partial charge in [0.05, 0.1) is 6.04 Å². The summed E-state index contributed by atoms with van der Waals surface area (Å²) in [5.41, 5.74) is 17.7. The second-order valence-electron chi connectivity index (χ2n) is 8.43. The number of nitrogens with two attached hydrogens (primary N) is 3. The number of rotatable bonds is 14. The molecule has 10 N–H and O–H groups in total. The third-order valence-electron chi connectivity index (χ3n) is 4.37. The topological polar surface area (TPSA) is 219 Å². The summed E-state index contributed by atoms with van der Waals surface area (Å²) in [5.74, 6) is -1.34. The standard InChI is InChI=1S/C20H39N9O4/c1-11(2)9-15(28-18(32)16(12(3)4)26-13(5)30)17(31)27-14(10-25-29-20(23)33)7-6-8-24-19(21)22/h10-12,14-16H,6-9H2,1-5H3,(H,26,30)(H,27,31)(H,28,32)(H4,21,22,24)(H3,23,29,33)/b25-10+/t14?,15-,16-/m0/s1. The highest BCUT2D eigenvalue weighted by Crippen LogP contribution is 2.09. The maximum atomic E-state index is 13.0. The number of aliphatic imine (C=N–C) groups is 1. The number of carbonyl (C=O) groups is 4. The highest BCUT2D eigenvalue weighted by molar-refractivity contribution is 5.92. The number of amides is 5. The molecular weight excluding hydrogens is 430 g/mol. The lowest BCUT2D eigenvalue weighted by Gasteiger charge is -2.26. The van der Waals surface area contributed by atoms with Crippen LogP contribution in [0.1, 0.15) is 53.9 Å². The summed E-state index contributed by atoms with van der Waals surface area (Å²) < 4.78 is 0. The maximum absolute atomic E-state index is 13.0. The normalized spacial score (nSPS) is 13.8. The molecule has 0 bridgehead atoms. The largest absolute Gasteiger partial charge is 0.370 e. The van der Waals surface area contributed by atoms with Gasteiger partial charge < -0.3 is 33.2 Å². The summed E-state index contributed by atoms with van der Waals surface area (Å²) in [5, 5.41) is 11.9. The molecule has 0 radical (unpaired) electrons. The lowest BCUT2D eigenvalue weighted by Crippen LogP contribution is -2.56. The molecule has 0 aromatic rings. The molecule has 33 heavy (non-hydrogen) atoms. The van der Waals surface area contributed by atoms with Gasteiger partial charge in [0.15, 0.2) is 5.96 Å². The Labute approximate surface area is 194 Å². The zero-order chi connectivity index (χ0) is 25.6. The number of urea groups is 1. The van der Waals surface area contributed by atoms with Crippen LogP contribution in [0, 0.1) is 11.8 Å². The third kappa shape index (κ3) is 14.3. The number of nitrogens with zero attached hydrogens (tertiary/aromatic N) is 2. The van der Waals surface area contributed by atoms with E-state index < -0.39 is 36.0 Å². The van der Waals surface area contributed by atoms with E-state index in [1.165, 1.54) is 13.1 Å². The zero-order valence-electron chi connectivity index (χ0n) is 20.1. The van der Waals surface area contributed by atoms with Gasteiger partial charge in [-0.25, -0.2) is 10.2 Å². The smallest absolute Gasteiger partial charge is 0.332 e. The fourth-order valence-corrected chi connectivity index (χ4v) is 2.90. The minimum Gasteiger partial charge on any atom is -0.370 e. The Balaban J connectivity index is 5.42. The quantitative estimate of drug-likeness (QED) is 0.0721. The van der Waals surface area contributed by atoms with Crippen molar-refractivity contribution in [1.29, 1.82) is 0 Å². The molecule has 0 aliphatic carbocycles. The van der Waals surface area contributed by atoms with Gasteiger partial charge in [0.25, 0.3) is 0 Å². The van der Waals surface area contributed by atoms with Crippen molar-refractivity contribution in [1.82, 2.24) is 21.4 Å². The van der Waals surface area contributed by atoms with Gasteiger partial charge in [0.1, 0.15) is 12.1 Å². The van der Waals surface area contributed by atoms with Gasteiger partial charge in [-0.05, 0) is 31.1 Å². The molecular formula is C20H39N9O4. The Kier molecular flexibility index (Phi) is 13.8. The fourth-order valence-electron chi connectivity index (χ4n) is 2.90. The van der Waals surface area contributed by atoms with E-state index in [1.54, 1.807) is 13.8 Å². The third-order valence-corrected chi connectivity index (χ3v) is 4.37. The van der Waals surface area contributed by atoms with Crippen molar-refractivity contribution in [2.45, 2.75) is 72.0 Å². The van der Waals surface area contributed by atoms with Crippen molar-refractivity contribution in [3.05, 3.63) is 0 Å². The number of hydrogen-bond acceptors (Lipinski definition) is 6. The second kappa shape index (κ2) is 15.4. The summed E-state index contributed by atoms with van der Waals surface area (Å²) in [7, 11) is 0. The first kappa shape index (κ1) is 29.6. The number of carbonyl (C=O) groups excluding carboxylic acids is 4. The Morgan fingerprint density at radius 1 is 0.939 bits per heavy atom. The van der Waals surface area contributed by atoms with Crippen molar-refractivity contribution < 1.29 is 19.2 Å². The summed E-state index contributed by atoms with van der Waals surface area (Å²) in [6.45, 7) is 9.10.